The van der Waals surface area contributed by atoms with Crippen LogP contribution in [0.4, 0.5) is 13.2 Å². The molecule has 0 amide bonds. The third kappa shape index (κ3) is 2.02. The Labute approximate surface area is 118 Å². The molecule has 0 N–H and O–H groups in total. The molecule has 0 spiro atoms. The van der Waals surface area contributed by atoms with Crippen molar-refractivity contribution in [2.75, 3.05) is 0 Å². The summed E-state index contributed by atoms with van der Waals surface area (Å²) in [5.41, 5.74) is 0.302. The molecule has 3 aromatic rings. The fourth-order valence-corrected chi connectivity index (χ4v) is 2.78. The van der Waals surface area contributed by atoms with Crippen LogP contribution >= 0.6 is 11.6 Å². The lowest BCUT2D eigenvalue weighted by molar-refractivity contribution is -0.136. The van der Waals surface area contributed by atoms with Gasteiger partial charge in [0.25, 0.3) is 0 Å². The summed E-state index contributed by atoms with van der Waals surface area (Å²) in [5, 5.41) is 2.46. The minimum absolute atomic E-state index is 0.145. The molecule has 0 bridgehead atoms. The Bertz CT molecular complexity index is 819. The molecule has 0 heterocycles. The van der Waals surface area contributed by atoms with Gasteiger partial charge in [0.05, 0.1) is 5.56 Å². The Balaban J connectivity index is 2.59. The third-order valence-corrected chi connectivity index (χ3v) is 3.69. The van der Waals surface area contributed by atoms with E-state index in [2.05, 4.69) is 0 Å². The first kappa shape index (κ1) is 13.3. The third-order valence-electron chi connectivity index (χ3n) is 3.45. The average Bonchev–Trinajstić information content (AvgIpc) is 2.36. The molecule has 4 heteroatoms. The predicted octanol–water partition coefficient (Wildman–Crippen LogP) is 5.97. The highest BCUT2D eigenvalue weighted by atomic mass is 35.5. The molecule has 0 aliphatic carbocycles. The lowest BCUT2D eigenvalue weighted by Crippen LogP contribution is -2.06. The van der Waals surface area contributed by atoms with E-state index in [4.69, 9.17) is 11.6 Å². The largest absolute Gasteiger partial charge is 0.417 e. The van der Waals surface area contributed by atoms with Crippen LogP contribution < -0.4 is 0 Å². The highest BCUT2D eigenvalue weighted by Crippen LogP contribution is 2.40. The molecule has 0 atom stereocenters. The first-order chi connectivity index (χ1) is 9.38. The first-order valence-corrected chi connectivity index (χ1v) is 6.44. The topological polar surface area (TPSA) is 0 Å². The Hall–Kier alpha value is -1.74. The number of alkyl halides is 3. The smallest absolute Gasteiger partial charge is 0.166 e. The minimum Gasteiger partial charge on any atom is -0.166 e. The van der Waals surface area contributed by atoms with Gasteiger partial charge in [0, 0.05) is 5.02 Å². The van der Waals surface area contributed by atoms with Crippen LogP contribution in [0.2, 0.25) is 5.02 Å². The van der Waals surface area contributed by atoms with Gasteiger partial charge in [-0.2, -0.15) is 13.2 Å². The van der Waals surface area contributed by atoms with Crippen molar-refractivity contribution in [3.63, 3.8) is 0 Å². The van der Waals surface area contributed by atoms with Crippen molar-refractivity contribution in [1.82, 2.24) is 0 Å². The van der Waals surface area contributed by atoms with E-state index in [1.807, 2.05) is 13.0 Å². The van der Waals surface area contributed by atoms with E-state index in [1.54, 1.807) is 24.3 Å². The Kier molecular flexibility index (Phi) is 2.91. The molecule has 0 fully saturated rings. The Morgan fingerprint density at radius 3 is 2.40 bits per heavy atom. The minimum atomic E-state index is -4.40. The summed E-state index contributed by atoms with van der Waals surface area (Å²) in [6.07, 6.45) is -4.40. The summed E-state index contributed by atoms with van der Waals surface area (Å²) in [6, 6.07) is 11.2. The van der Waals surface area contributed by atoms with E-state index in [9.17, 15) is 13.2 Å². The van der Waals surface area contributed by atoms with Gasteiger partial charge in [0.2, 0.25) is 0 Å². The zero-order chi connectivity index (χ0) is 14.5. The van der Waals surface area contributed by atoms with Crippen LogP contribution in [0.1, 0.15) is 11.1 Å². The van der Waals surface area contributed by atoms with Gasteiger partial charge in [0.1, 0.15) is 0 Å². The standard InChI is InChI=1S/C16H10ClF3/c1-9-3-2-4-10-7-14(16(18,19)20)13-8-11(17)5-6-12(13)15(9)10/h2-8H,1H3. The van der Waals surface area contributed by atoms with Gasteiger partial charge in [-0.05, 0) is 52.2 Å². The van der Waals surface area contributed by atoms with E-state index in [-0.39, 0.29) is 5.39 Å². The number of fused-ring (bicyclic) bond motifs is 3. The second-order valence-corrected chi connectivity index (χ2v) is 5.22. The van der Waals surface area contributed by atoms with Gasteiger partial charge < -0.3 is 0 Å². The van der Waals surface area contributed by atoms with Gasteiger partial charge in [-0.3, -0.25) is 0 Å². The van der Waals surface area contributed by atoms with Gasteiger partial charge in [0.15, 0.2) is 0 Å². The number of benzene rings is 3. The number of hydrogen-bond donors (Lipinski definition) is 0. The SMILES string of the molecule is Cc1cccc2cc(C(F)(F)F)c3cc(Cl)ccc3c12. The molecule has 0 nitrogen and oxygen atoms in total. The predicted molar refractivity (Wildman–Crippen MR) is 76.2 cm³/mol. The Morgan fingerprint density at radius 2 is 1.70 bits per heavy atom. The molecular formula is C16H10ClF3. The van der Waals surface area contributed by atoms with E-state index in [1.165, 1.54) is 12.1 Å². The van der Waals surface area contributed by atoms with Crippen molar-refractivity contribution < 1.29 is 13.2 Å². The molecule has 0 saturated heterocycles. The molecule has 0 aliphatic rings. The van der Waals surface area contributed by atoms with Crippen LogP contribution in [-0.4, -0.2) is 0 Å². The summed E-state index contributed by atoms with van der Waals surface area (Å²) < 4.78 is 39.7. The van der Waals surface area contributed by atoms with E-state index in [0.717, 1.165) is 10.9 Å². The normalized spacial score (nSPS) is 12.2. The van der Waals surface area contributed by atoms with Crippen molar-refractivity contribution in [1.29, 1.82) is 0 Å². The van der Waals surface area contributed by atoms with E-state index >= 15 is 0 Å². The maximum Gasteiger partial charge on any atom is 0.417 e. The number of rotatable bonds is 0. The summed E-state index contributed by atoms with van der Waals surface area (Å²) >= 11 is 5.86. The van der Waals surface area contributed by atoms with E-state index < -0.39 is 11.7 Å². The second-order valence-electron chi connectivity index (χ2n) is 4.78. The molecule has 0 unspecified atom stereocenters. The summed E-state index contributed by atoms with van der Waals surface area (Å²) in [6.45, 7) is 1.89. The molecule has 3 aromatic carbocycles. The number of halogens is 4. The molecule has 102 valence electrons. The van der Waals surface area contributed by atoms with Gasteiger partial charge >= 0.3 is 6.18 Å². The quantitative estimate of drug-likeness (QED) is 0.448. The van der Waals surface area contributed by atoms with Gasteiger partial charge in [-0.1, -0.05) is 35.9 Å². The highest BCUT2D eigenvalue weighted by Gasteiger charge is 2.33. The summed E-state index contributed by atoms with van der Waals surface area (Å²) in [4.78, 5) is 0. The number of hydrogen-bond acceptors (Lipinski definition) is 0. The molecule has 0 aromatic heterocycles. The van der Waals surface area contributed by atoms with Crippen molar-refractivity contribution in [3.8, 4) is 0 Å². The fourth-order valence-electron chi connectivity index (χ4n) is 2.60. The maximum atomic E-state index is 13.2. The van der Waals surface area contributed by atoms with Crippen molar-refractivity contribution in [2.45, 2.75) is 13.1 Å². The Morgan fingerprint density at radius 1 is 0.950 bits per heavy atom. The lowest BCUT2D eigenvalue weighted by atomic mass is 9.94. The number of aryl methyl sites for hydroxylation is 1. The molecule has 20 heavy (non-hydrogen) atoms. The lowest BCUT2D eigenvalue weighted by Gasteiger charge is -2.14. The van der Waals surface area contributed by atoms with Crippen LogP contribution in [0, 0.1) is 6.92 Å². The summed E-state index contributed by atoms with van der Waals surface area (Å²) in [5.74, 6) is 0. The first-order valence-electron chi connectivity index (χ1n) is 6.07. The van der Waals surface area contributed by atoms with Crippen molar-refractivity contribution in [2.24, 2.45) is 0 Å². The van der Waals surface area contributed by atoms with Crippen molar-refractivity contribution >= 4 is 33.1 Å². The molecule has 0 aliphatic heterocycles. The highest BCUT2D eigenvalue weighted by molar-refractivity contribution is 6.31. The summed E-state index contributed by atoms with van der Waals surface area (Å²) in [7, 11) is 0. The monoisotopic (exact) mass is 294 g/mol. The van der Waals surface area contributed by atoms with Crippen LogP contribution in [0.25, 0.3) is 21.5 Å². The van der Waals surface area contributed by atoms with Crippen LogP contribution in [0.5, 0.6) is 0 Å². The van der Waals surface area contributed by atoms with Crippen molar-refractivity contribution in [3.05, 3.63) is 58.6 Å². The fraction of sp³-hybridized carbons (Fsp3) is 0.125. The van der Waals surface area contributed by atoms with Crippen LogP contribution in [0.15, 0.2) is 42.5 Å². The van der Waals surface area contributed by atoms with Crippen LogP contribution in [-0.2, 0) is 6.18 Å². The second kappa shape index (κ2) is 4.38. The van der Waals surface area contributed by atoms with E-state index in [0.29, 0.717) is 15.8 Å². The van der Waals surface area contributed by atoms with Gasteiger partial charge in [-0.25, -0.2) is 0 Å². The zero-order valence-electron chi connectivity index (χ0n) is 10.6. The maximum absolute atomic E-state index is 13.2. The zero-order valence-corrected chi connectivity index (χ0v) is 11.3. The average molecular weight is 295 g/mol. The molecule has 3 rings (SSSR count). The van der Waals surface area contributed by atoms with Gasteiger partial charge in [-0.15, -0.1) is 0 Å². The molecule has 0 saturated carbocycles. The molecular weight excluding hydrogens is 285 g/mol. The molecule has 0 radical (unpaired) electrons. The van der Waals surface area contributed by atoms with Crippen LogP contribution in [0.3, 0.4) is 0 Å².